The molecule has 2 aromatic heterocycles. The molecule has 0 bridgehead atoms. The summed E-state index contributed by atoms with van der Waals surface area (Å²) in [5, 5.41) is 18.8. The van der Waals surface area contributed by atoms with Gasteiger partial charge in [-0.15, -0.1) is 0 Å². The van der Waals surface area contributed by atoms with Crippen LogP contribution in [0.25, 0.3) is 10.9 Å². The van der Waals surface area contributed by atoms with E-state index < -0.39 is 0 Å². The summed E-state index contributed by atoms with van der Waals surface area (Å²) in [6.07, 6.45) is 2.94. The van der Waals surface area contributed by atoms with E-state index in [-0.39, 0.29) is 30.5 Å². The monoisotopic (exact) mass is 409 g/mol. The van der Waals surface area contributed by atoms with Crippen LogP contribution in [-0.4, -0.2) is 28.0 Å². The number of aromatic nitrogens is 3. The molecule has 8 nitrogen and oxygen atoms in total. The highest BCUT2D eigenvalue weighted by Gasteiger charge is 2.17. The fourth-order valence-corrected chi connectivity index (χ4v) is 2.83. The second-order valence-electron chi connectivity index (χ2n) is 5.14. The van der Waals surface area contributed by atoms with Crippen molar-refractivity contribution < 1.29 is 4.74 Å². The Morgan fingerprint density at radius 2 is 1.88 bits per heavy atom. The smallest absolute Gasteiger partial charge is 0.248 e. The summed E-state index contributed by atoms with van der Waals surface area (Å²) in [6, 6.07) is 11.3. The fourth-order valence-electron chi connectivity index (χ4n) is 2.38. The summed E-state index contributed by atoms with van der Waals surface area (Å²) in [5.74, 6) is 0.880. The van der Waals surface area contributed by atoms with Gasteiger partial charge in [-0.3, -0.25) is 4.98 Å². The van der Waals surface area contributed by atoms with Crippen molar-refractivity contribution in [1.29, 1.82) is 10.5 Å². The summed E-state index contributed by atoms with van der Waals surface area (Å²) >= 11 is 3.48. The molecule has 2 N–H and O–H groups in total. The number of nitrogen functional groups attached to an aromatic ring is 1. The SMILES string of the molecule is N#CCN(CC#N)c1ncnc(Oc2ccc(Br)c3cccnc23)c1N. The van der Waals surface area contributed by atoms with Gasteiger partial charge in [0, 0.05) is 16.1 Å². The average Bonchev–Trinajstić information content (AvgIpc) is 2.66. The van der Waals surface area contributed by atoms with Crippen molar-refractivity contribution in [3.63, 3.8) is 0 Å². The number of benzene rings is 1. The molecular formula is C17H12BrN7O. The third-order valence-corrected chi connectivity index (χ3v) is 4.23. The first-order valence-corrected chi connectivity index (χ1v) is 8.25. The van der Waals surface area contributed by atoms with Crippen molar-refractivity contribution in [2.24, 2.45) is 0 Å². The van der Waals surface area contributed by atoms with Crippen LogP contribution in [0.1, 0.15) is 0 Å². The van der Waals surface area contributed by atoms with Crippen LogP contribution >= 0.6 is 15.9 Å². The number of nitriles is 2. The Morgan fingerprint density at radius 3 is 2.62 bits per heavy atom. The second kappa shape index (κ2) is 7.64. The van der Waals surface area contributed by atoms with Crippen molar-refractivity contribution in [3.8, 4) is 23.8 Å². The summed E-state index contributed by atoms with van der Waals surface area (Å²) in [6.45, 7) is -0.0615. The summed E-state index contributed by atoms with van der Waals surface area (Å²) in [7, 11) is 0. The molecule has 0 atom stereocenters. The van der Waals surface area contributed by atoms with Crippen molar-refractivity contribution in [1.82, 2.24) is 15.0 Å². The second-order valence-corrected chi connectivity index (χ2v) is 5.99. The molecule has 0 spiro atoms. The van der Waals surface area contributed by atoms with Crippen molar-refractivity contribution in [2.75, 3.05) is 23.7 Å². The average molecular weight is 410 g/mol. The van der Waals surface area contributed by atoms with Gasteiger partial charge >= 0.3 is 0 Å². The van der Waals surface area contributed by atoms with E-state index >= 15 is 0 Å². The van der Waals surface area contributed by atoms with Gasteiger partial charge in [0.05, 0.1) is 12.1 Å². The predicted molar refractivity (Wildman–Crippen MR) is 99.4 cm³/mol. The van der Waals surface area contributed by atoms with E-state index in [1.807, 2.05) is 30.3 Å². The first kappa shape index (κ1) is 17.4. The summed E-state index contributed by atoms with van der Waals surface area (Å²) in [4.78, 5) is 13.9. The molecule has 0 saturated heterocycles. The first-order chi connectivity index (χ1) is 12.7. The quantitative estimate of drug-likeness (QED) is 0.637. The van der Waals surface area contributed by atoms with Crippen LogP contribution in [0.2, 0.25) is 0 Å². The van der Waals surface area contributed by atoms with Gasteiger partial charge in [-0.25, -0.2) is 4.98 Å². The lowest BCUT2D eigenvalue weighted by atomic mass is 10.2. The van der Waals surface area contributed by atoms with E-state index in [9.17, 15) is 0 Å². The van der Waals surface area contributed by atoms with Gasteiger partial charge in [-0.05, 0) is 18.2 Å². The van der Waals surface area contributed by atoms with E-state index in [1.165, 1.54) is 11.2 Å². The molecule has 9 heteroatoms. The normalized spacial score (nSPS) is 10.1. The lowest BCUT2D eigenvalue weighted by Crippen LogP contribution is -2.26. The van der Waals surface area contributed by atoms with Crippen LogP contribution in [-0.2, 0) is 0 Å². The molecule has 1 aromatic carbocycles. The number of fused-ring (bicyclic) bond motifs is 1. The molecule has 26 heavy (non-hydrogen) atoms. The molecule has 0 aliphatic rings. The van der Waals surface area contributed by atoms with Crippen LogP contribution in [0.4, 0.5) is 11.5 Å². The van der Waals surface area contributed by atoms with E-state index in [4.69, 9.17) is 21.0 Å². The molecule has 0 fully saturated rings. The molecule has 0 saturated carbocycles. The highest BCUT2D eigenvalue weighted by Crippen LogP contribution is 2.36. The Labute approximate surface area is 157 Å². The van der Waals surface area contributed by atoms with Gasteiger partial charge in [-0.2, -0.15) is 15.5 Å². The number of nitrogens with two attached hydrogens (primary N) is 1. The third kappa shape index (κ3) is 3.34. The standard InChI is InChI=1S/C17H12BrN7O/c18-12-3-4-13(15-11(12)2-1-7-22-15)26-17-14(21)16(23-10-24-17)25(8-5-19)9-6-20/h1-4,7,10H,8-9,21H2. The van der Waals surface area contributed by atoms with Gasteiger partial charge in [0.2, 0.25) is 5.88 Å². The molecule has 3 rings (SSSR count). The van der Waals surface area contributed by atoms with Crippen LogP contribution in [0.3, 0.4) is 0 Å². The van der Waals surface area contributed by atoms with Crippen LogP contribution in [0.5, 0.6) is 11.6 Å². The molecule has 2 heterocycles. The molecule has 0 aliphatic heterocycles. The lowest BCUT2D eigenvalue weighted by molar-refractivity contribution is 0.468. The van der Waals surface area contributed by atoms with Gasteiger partial charge in [-0.1, -0.05) is 22.0 Å². The number of pyridine rings is 1. The van der Waals surface area contributed by atoms with Crippen molar-refractivity contribution in [2.45, 2.75) is 0 Å². The Balaban J connectivity index is 2.02. The zero-order valence-electron chi connectivity index (χ0n) is 13.4. The molecule has 0 radical (unpaired) electrons. The number of ether oxygens (including phenoxy) is 1. The molecular weight excluding hydrogens is 398 g/mol. The summed E-state index contributed by atoms with van der Waals surface area (Å²) in [5.41, 5.74) is 6.92. The first-order valence-electron chi connectivity index (χ1n) is 7.46. The van der Waals surface area contributed by atoms with Gasteiger partial charge < -0.3 is 15.4 Å². The van der Waals surface area contributed by atoms with E-state index in [0.29, 0.717) is 11.3 Å². The fraction of sp³-hybridized carbons (Fsp3) is 0.118. The zero-order chi connectivity index (χ0) is 18.5. The van der Waals surface area contributed by atoms with Gasteiger partial charge in [0.1, 0.15) is 30.6 Å². The Bertz CT molecular complexity index is 1030. The predicted octanol–water partition coefficient (Wildman–Crippen LogP) is 3.02. The third-order valence-electron chi connectivity index (χ3n) is 3.54. The molecule has 0 aliphatic carbocycles. The number of hydrogen-bond donors (Lipinski definition) is 1. The summed E-state index contributed by atoms with van der Waals surface area (Å²) < 4.78 is 6.76. The molecule has 3 aromatic rings. The van der Waals surface area contributed by atoms with Crippen LogP contribution in [0.15, 0.2) is 41.3 Å². The molecule has 0 unspecified atom stereocenters. The van der Waals surface area contributed by atoms with E-state index in [0.717, 1.165) is 9.86 Å². The number of rotatable bonds is 5. The van der Waals surface area contributed by atoms with Crippen LogP contribution < -0.4 is 15.4 Å². The highest BCUT2D eigenvalue weighted by molar-refractivity contribution is 9.10. The minimum atomic E-state index is -0.0308. The lowest BCUT2D eigenvalue weighted by Gasteiger charge is -2.19. The number of halogens is 1. The topological polar surface area (TPSA) is 125 Å². The van der Waals surface area contributed by atoms with E-state index in [2.05, 4.69) is 30.9 Å². The maximum atomic E-state index is 8.94. The molecule has 0 amide bonds. The number of nitrogens with zero attached hydrogens (tertiary/aromatic N) is 6. The maximum absolute atomic E-state index is 8.94. The Kier molecular flexibility index (Phi) is 5.11. The largest absolute Gasteiger partial charge is 0.435 e. The highest BCUT2D eigenvalue weighted by atomic mass is 79.9. The zero-order valence-corrected chi connectivity index (χ0v) is 15.0. The van der Waals surface area contributed by atoms with Crippen molar-refractivity contribution in [3.05, 3.63) is 41.3 Å². The van der Waals surface area contributed by atoms with E-state index in [1.54, 1.807) is 12.3 Å². The van der Waals surface area contributed by atoms with Gasteiger partial charge in [0.15, 0.2) is 11.6 Å². The Morgan fingerprint density at radius 1 is 1.12 bits per heavy atom. The van der Waals surface area contributed by atoms with Gasteiger partial charge in [0.25, 0.3) is 0 Å². The minimum absolute atomic E-state index is 0.0308. The number of anilines is 2. The Hall–Kier alpha value is -3.43. The van der Waals surface area contributed by atoms with Crippen molar-refractivity contribution >= 4 is 38.3 Å². The van der Waals surface area contributed by atoms with Crippen LogP contribution in [0, 0.1) is 22.7 Å². The number of hydrogen-bond acceptors (Lipinski definition) is 8. The maximum Gasteiger partial charge on any atom is 0.248 e. The minimum Gasteiger partial charge on any atom is -0.435 e. The molecule has 128 valence electrons.